The Morgan fingerprint density at radius 1 is 0.957 bits per heavy atom. The topological polar surface area (TPSA) is 52.7 Å². The van der Waals surface area contributed by atoms with Crippen LogP contribution < -0.4 is 5.11 Å². The van der Waals surface area contributed by atoms with E-state index in [0.717, 1.165) is 25.7 Å². The van der Waals surface area contributed by atoms with E-state index in [1.54, 1.807) is 0 Å². The molecule has 0 saturated carbocycles. The molecule has 0 aliphatic carbocycles. The normalized spacial score (nSPS) is 20.9. The number of rotatable bonds is 14. The fraction of sp³-hybridized carbons (Fsp3) is 0.650. The third-order valence-electron chi connectivity index (χ3n) is 3.94. The smallest absolute Gasteiger partial charge is 0.0876 e. The zero-order chi connectivity index (χ0) is 16.8. The highest BCUT2D eigenvalue weighted by atomic mass is 16.6. The molecular weight excluding hydrogens is 288 g/mol. The summed E-state index contributed by atoms with van der Waals surface area (Å²) in [7, 11) is 0. The van der Waals surface area contributed by atoms with Gasteiger partial charge in [-0.3, -0.25) is 0 Å². The number of epoxide rings is 1. The molecule has 1 rings (SSSR count). The number of carboxylic acids is 1. The number of carboxylic acid groups (broad SMARTS) is 1. The van der Waals surface area contributed by atoms with Crippen LogP contribution in [0.25, 0.3) is 0 Å². The Morgan fingerprint density at radius 3 is 2.35 bits per heavy atom. The van der Waals surface area contributed by atoms with Crippen LogP contribution in [-0.4, -0.2) is 18.2 Å². The molecule has 0 bridgehead atoms. The van der Waals surface area contributed by atoms with E-state index in [2.05, 4.69) is 37.3 Å². The molecule has 0 amide bonds. The molecule has 0 unspecified atom stereocenters. The molecule has 0 aromatic rings. The Kier molecular flexibility index (Phi) is 11.2. The van der Waals surface area contributed by atoms with Gasteiger partial charge < -0.3 is 14.6 Å². The fourth-order valence-electron chi connectivity index (χ4n) is 2.49. The van der Waals surface area contributed by atoms with E-state index < -0.39 is 5.97 Å². The summed E-state index contributed by atoms with van der Waals surface area (Å²) in [4.78, 5) is 10.2. The number of aliphatic carboxylic acids is 1. The van der Waals surface area contributed by atoms with Gasteiger partial charge in [0.25, 0.3) is 0 Å². The van der Waals surface area contributed by atoms with Gasteiger partial charge in [0.1, 0.15) is 0 Å². The second kappa shape index (κ2) is 13.1. The van der Waals surface area contributed by atoms with Crippen LogP contribution in [0, 0.1) is 0 Å². The van der Waals surface area contributed by atoms with Crippen molar-refractivity contribution in [3.05, 3.63) is 36.5 Å². The highest BCUT2D eigenvalue weighted by Gasteiger charge is 2.36. The zero-order valence-electron chi connectivity index (χ0n) is 14.4. The first kappa shape index (κ1) is 19.7. The summed E-state index contributed by atoms with van der Waals surface area (Å²) in [6.07, 6.45) is 23.5. The number of hydrogen-bond donors (Lipinski definition) is 0. The van der Waals surface area contributed by atoms with Gasteiger partial charge in [0, 0.05) is 5.97 Å². The molecule has 1 saturated heterocycles. The second-order valence-electron chi connectivity index (χ2n) is 6.09. The van der Waals surface area contributed by atoms with E-state index in [9.17, 15) is 9.90 Å². The lowest BCUT2D eigenvalue weighted by atomic mass is 10.1. The molecule has 1 fully saturated rings. The van der Waals surface area contributed by atoms with E-state index in [1.807, 2.05) is 6.08 Å². The van der Waals surface area contributed by atoms with Gasteiger partial charge in [-0.2, -0.15) is 0 Å². The molecular formula is C20H31O3-. The maximum atomic E-state index is 10.2. The second-order valence-corrected chi connectivity index (χ2v) is 6.09. The standard InChI is InChI=1S/C20H32O3/c1-2-3-12-15-18-19(23-18)16-13-10-8-6-4-5-7-9-11-14-17-20(21)22/h4,6-7,9-10,13,18-19H,2-3,5,8,11-12,14-17H2,1H3,(H,21,22)/p-1/b6-4-,9-7-,13-10-/t18-,19+/m1/s1. The minimum atomic E-state index is -0.964. The third-order valence-corrected chi connectivity index (χ3v) is 3.94. The van der Waals surface area contributed by atoms with Crippen LogP contribution in [0.5, 0.6) is 0 Å². The molecule has 3 heteroatoms. The molecule has 0 N–H and O–H groups in total. The highest BCUT2D eigenvalue weighted by Crippen LogP contribution is 2.30. The number of carbonyl (C=O) groups is 1. The number of hydrogen-bond acceptors (Lipinski definition) is 3. The third kappa shape index (κ3) is 11.8. The van der Waals surface area contributed by atoms with Crippen LogP contribution in [0.15, 0.2) is 36.5 Å². The molecule has 1 heterocycles. The molecule has 23 heavy (non-hydrogen) atoms. The first-order valence-corrected chi connectivity index (χ1v) is 9.04. The Morgan fingerprint density at radius 2 is 1.65 bits per heavy atom. The molecule has 0 spiro atoms. The van der Waals surface area contributed by atoms with E-state index >= 15 is 0 Å². The number of carbonyl (C=O) groups excluding carboxylic acids is 1. The van der Waals surface area contributed by atoms with Crippen molar-refractivity contribution in [1.29, 1.82) is 0 Å². The van der Waals surface area contributed by atoms with Crippen molar-refractivity contribution in [3.63, 3.8) is 0 Å². The van der Waals surface area contributed by atoms with Crippen LogP contribution in [-0.2, 0) is 9.53 Å². The largest absolute Gasteiger partial charge is 0.550 e. The summed E-state index contributed by atoms with van der Waals surface area (Å²) in [6.45, 7) is 2.23. The Balaban J connectivity index is 1.90. The lowest BCUT2D eigenvalue weighted by molar-refractivity contribution is -0.305. The molecule has 130 valence electrons. The van der Waals surface area contributed by atoms with E-state index in [-0.39, 0.29) is 6.42 Å². The van der Waals surface area contributed by atoms with E-state index in [0.29, 0.717) is 18.6 Å². The van der Waals surface area contributed by atoms with Gasteiger partial charge in [0.2, 0.25) is 0 Å². The lowest BCUT2D eigenvalue weighted by Gasteiger charge is -1.97. The molecule has 0 aromatic heterocycles. The Bertz CT molecular complexity index is 396. The zero-order valence-corrected chi connectivity index (χ0v) is 14.4. The van der Waals surface area contributed by atoms with Crippen molar-refractivity contribution < 1.29 is 14.6 Å². The van der Waals surface area contributed by atoms with Gasteiger partial charge in [0.05, 0.1) is 12.2 Å². The van der Waals surface area contributed by atoms with Gasteiger partial charge in [-0.05, 0) is 44.9 Å². The summed E-state index contributed by atoms with van der Waals surface area (Å²) in [5.41, 5.74) is 0. The highest BCUT2D eigenvalue weighted by molar-refractivity contribution is 5.64. The summed E-state index contributed by atoms with van der Waals surface area (Å²) < 4.78 is 5.65. The van der Waals surface area contributed by atoms with E-state index in [1.165, 1.54) is 25.7 Å². The molecule has 0 radical (unpaired) electrons. The van der Waals surface area contributed by atoms with Crippen LogP contribution in [0.3, 0.4) is 0 Å². The fourth-order valence-corrected chi connectivity index (χ4v) is 2.49. The summed E-state index contributed by atoms with van der Waals surface area (Å²) in [5, 5.41) is 10.2. The van der Waals surface area contributed by atoms with Crippen molar-refractivity contribution in [2.24, 2.45) is 0 Å². The first-order chi connectivity index (χ1) is 11.2. The monoisotopic (exact) mass is 319 g/mol. The SMILES string of the molecule is CCCCC[C@H]1O[C@H]1C/C=C\C/C=C\C/C=C\CCCC(=O)[O-]. The number of unbranched alkanes of at least 4 members (excludes halogenated alkanes) is 3. The van der Waals surface area contributed by atoms with Crippen LogP contribution in [0.2, 0.25) is 0 Å². The van der Waals surface area contributed by atoms with Gasteiger partial charge >= 0.3 is 0 Å². The van der Waals surface area contributed by atoms with Crippen molar-refractivity contribution in [3.8, 4) is 0 Å². The minimum Gasteiger partial charge on any atom is -0.550 e. The van der Waals surface area contributed by atoms with Crippen molar-refractivity contribution in [2.45, 2.75) is 83.3 Å². The van der Waals surface area contributed by atoms with Crippen LogP contribution >= 0.6 is 0 Å². The van der Waals surface area contributed by atoms with Crippen molar-refractivity contribution >= 4 is 5.97 Å². The number of allylic oxidation sites excluding steroid dienone is 5. The average molecular weight is 319 g/mol. The van der Waals surface area contributed by atoms with Gasteiger partial charge in [-0.15, -0.1) is 0 Å². The molecule has 1 aliphatic rings. The summed E-state index contributed by atoms with van der Waals surface area (Å²) in [6, 6.07) is 0. The van der Waals surface area contributed by atoms with E-state index in [4.69, 9.17) is 4.74 Å². The average Bonchev–Trinajstić information content (AvgIpc) is 3.27. The maximum Gasteiger partial charge on any atom is 0.0876 e. The molecule has 2 atom stereocenters. The van der Waals surface area contributed by atoms with Crippen molar-refractivity contribution in [2.75, 3.05) is 0 Å². The lowest BCUT2D eigenvalue weighted by Crippen LogP contribution is -2.21. The number of ether oxygens (including phenoxy) is 1. The molecule has 0 aromatic carbocycles. The Labute approximate surface area is 141 Å². The van der Waals surface area contributed by atoms with Gasteiger partial charge in [0.15, 0.2) is 0 Å². The van der Waals surface area contributed by atoms with Crippen molar-refractivity contribution in [1.82, 2.24) is 0 Å². The van der Waals surface area contributed by atoms with Gasteiger partial charge in [-0.25, -0.2) is 0 Å². The van der Waals surface area contributed by atoms with Crippen LogP contribution in [0.1, 0.15) is 71.1 Å². The molecule has 3 nitrogen and oxygen atoms in total. The molecule has 1 aliphatic heterocycles. The summed E-state index contributed by atoms with van der Waals surface area (Å²) in [5.74, 6) is -0.964. The van der Waals surface area contributed by atoms with Gasteiger partial charge in [-0.1, -0.05) is 62.6 Å². The first-order valence-electron chi connectivity index (χ1n) is 9.04. The predicted molar refractivity (Wildman–Crippen MR) is 92.9 cm³/mol. The maximum absolute atomic E-state index is 10.2. The quantitative estimate of drug-likeness (QED) is 0.275. The van der Waals surface area contributed by atoms with Crippen LogP contribution in [0.4, 0.5) is 0 Å². The summed E-state index contributed by atoms with van der Waals surface area (Å²) >= 11 is 0. The Hall–Kier alpha value is -1.35. The predicted octanol–water partition coefficient (Wildman–Crippen LogP) is 4.09. The minimum absolute atomic E-state index is 0.148.